The van der Waals surface area contributed by atoms with Crippen LogP contribution in [0.1, 0.15) is 94.9 Å². The van der Waals surface area contributed by atoms with E-state index >= 15 is 0 Å². The molecule has 2 atom stereocenters. The normalized spacial score (nSPS) is 28.8. The highest BCUT2D eigenvalue weighted by Crippen LogP contribution is 2.57. The molecule has 156 valence electrons. The Kier molecular flexibility index (Phi) is 7.97. The van der Waals surface area contributed by atoms with Crippen LogP contribution < -0.4 is 0 Å². The molecule has 1 aliphatic carbocycles. The van der Waals surface area contributed by atoms with Crippen LogP contribution in [-0.2, 0) is 4.79 Å². The number of likely N-dealkylation sites (N-methyl/N-ethyl adjacent to an activating group) is 1. The molecule has 1 aliphatic heterocycles. The smallest absolute Gasteiger partial charge is 0.227 e. The fourth-order valence-corrected chi connectivity index (χ4v) is 4.65. The molecule has 2 heteroatoms. The van der Waals surface area contributed by atoms with Gasteiger partial charge in [0.1, 0.15) is 0 Å². The van der Waals surface area contributed by atoms with Gasteiger partial charge in [0.05, 0.1) is 0 Å². The van der Waals surface area contributed by atoms with Crippen LogP contribution in [0.15, 0.2) is 22.9 Å². The Hall–Kier alpha value is -1.05. The molecule has 27 heavy (non-hydrogen) atoms. The Morgan fingerprint density at radius 3 is 2.11 bits per heavy atom. The third-order valence-electron chi connectivity index (χ3n) is 6.86. The van der Waals surface area contributed by atoms with E-state index < -0.39 is 0 Å². The van der Waals surface area contributed by atoms with Gasteiger partial charge in [0.15, 0.2) is 0 Å². The van der Waals surface area contributed by atoms with E-state index in [0.29, 0.717) is 18.3 Å². The second-order valence-electron chi connectivity index (χ2n) is 10.8. The Balaban J connectivity index is 0.000000828. The van der Waals surface area contributed by atoms with Crippen molar-refractivity contribution in [2.75, 3.05) is 7.05 Å². The predicted octanol–water partition coefficient (Wildman–Crippen LogP) is 7.22. The van der Waals surface area contributed by atoms with Gasteiger partial charge in [0.2, 0.25) is 5.91 Å². The average Bonchev–Trinajstić information content (AvgIpc) is 2.59. The minimum Gasteiger partial charge on any atom is -0.316 e. The van der Waals surface area contributed by atoms with Crippen LogP contribution in [-0.4, -0.2) is 17.9 Å². The zero-order valence-corrected chi connectivity index (χ0v) is 20.0. The first-order valence-electron chi connectivity index (χ1n) is 10.9. The largest absolute Gasteiger partial charge is 0.316 e. The first-order valence-corrected chi connectivity index (χ1v) is 10.9. The zero-order valence-electron chi connectivity index (χ0n) is 20.0. The highest BCUT2D eigenvalue weighted by atomic mass is 16.2. The highest BCUT2D eigenvalue weighted by Gasteiger charge is 2.50. The number of amides is 1. The number of carbonyl (C=O) groups is 1. The predicted molar refractivity (Wildman–Crippen MR) is 118 cm³/mol. The molecule has 0 aromatic rings. The monoisotopic (exact) mass is 375 g/mol. The minimum atomic E-state index is 0.130. The molecule has 1 heterocycles. The summed E-state index contributed by atoms with van der Waals surface area (Å²) in [6.07, 6.45) is 6.62. The Morgan fingerprint density at radius 2 is 1.63 bits per heavy atom. The van der Waals surface area contributed by atoms with Gasteiger partial charge in [-0.1, -0.05) is 67.4 Å². The molecule has 1 amide bonds. The van der Waals surface area contributed by atoms with Crippen molar-refractivity contribution in [3.05, 3.63) is 22.9 Å². The molecule has 2 aliphatic rings. The molecule has 2 unspecified atom stereocenters. The molecular formula is C25H45NO. The lowest BCUT2D eigenvalue weighted by atomic mass is 9.53. The van der Waals surface area contributed by atoms with E-state index in [1.54, 1.807) is 0 Å². The summed E-state index contributed by atoms with van der Waals surface area (Å²) in [5.74, 6) is 2.05. The van der Waals surface area contributed by atoms with Crippen molar-refractivity contribution in [3.8, 4) is 0 Å². The number of carbonyl (C=O) groups excluding carboxylic acids is 1. The maximum Gasteiger partial charge on any atom is 0.227 e. The minimum absolute atomic E-state index is 0.130. The molecule has 0 spiro atoms. The van der Waals surface area contributed by atoms with Gasteiger partial charge in [-0.3, -0.25) is 4.79 Å². The quantitative estimate of drug-likeness (QED) is 0.499. The summed E-state index contributed by atoms with van der Waals surface area (Å²) in [7, 11) is 1.96. The second kappa shape index (κ2) is 8.97. The summed E-state index contributed by atoms with van der Waals surface area (Å²) in [4.78, 5) is 14.8. The average molecular weight is 376 g/mol. The van der Waals surface area contributed by atoms with Crippen LogP contribution in [0.4, 0.5) is 0 Å². The van der Waals surface area contributed by atoms with Crippen molar-refractivity contribution in [1.29, 1.82) is 0 Å². The van der Waals surface area contributed by atoms with Crippen LogP contribution in [0.25, 0.3) is 0 Å². The summed E-state index contributed by atoms with van der Waals surface area (Å²) in [6, 6.07) is 0. The van der Waals surface area contributed by atoms with Gasteiger partial charge in [-0.25, -0.2) is 0 Å². The fraction of sp³-hybridized carbons (Fsp3) is 0.800. The summed E-state index contributed by atoms with van der Waals surface area (Å²) < 4.78 is 0. The number of hydrogen-bond acceptors (Lipinski definition) is 1. The first kappa shape index (κ1) is 24.0. The van der Waals surface area contributed by atoms with Crippen molar-refractivity contribution in [3.63, 3.8) is 0 Å². The molecular weight excluding hydrogens is 330 g/mol. The Morgan fingerprint density at radius 1 is 1.11 bits per heavy atom. The van der Waals surface area contributed by atoms with Crippen LogP contribution in [0.3, 0.4) is 0 Å². The number of hydrogen-bond donors (Lipinski definition) is 0. The summed E-state index contributed by atoms with van der Waals surface area (Å²) in [6.45, 7) is 22.5. The number of rotatable bonds is 2. The molecule has 0 aromatic carbocycles. The van der Waals surface area contributed by atoms with Gasteiger partial charge >= 0.3 is 0 Å². The van der Waals surface area contributed by atoms with Gasteiger partial charge in [-0.15, -0.1) is 0 Å². The van der Waals surface area contributed by atoms with Crippen molar-refractivity contribution >= 4 is 5.91 Å². The number of allylic oxidation sites excluding steroid dienone is 3. The van der Waals surface area contributed by atoms with Gasteiger partial charge in [0.25, 0.3) is 0 Å². The zero-order chi connectivity index (χ0) is 21.2. The molecule has 0 bridgehead atoms. The molecule has 0 radical (unpaired) electrons. The van der Waals surface area contributed by atoms with E-state index in [0.717, 1.165) is 11.6 Å². The van der Waals surface area contributed by atoms with Gasteiger partial charge in [-0.2, -0.15) is 0 Å². The molecule has 2 rings (SSSR count). The van der Waals surface area contributed by atoms with Gasteiger partial charge < -0.3 is 4.90 Å². The molecule has 0 aromatic heterocycles. The Labute approximate surface area is 169 Å². The van der Waals surface area contributed by atoms with Crippen LogP contribution in [0.5, 0.6) is 0 Å². The van der Waals surface area contributed by atoms with Crippen LogP contribution >= 0.6 is 0 Å². The summed E-state index contributed by atoms with van der Waals surface area (Å²) >= 11 is 0. The molecule has 0 saturated heterocycles. The first-order chi connectivity index (χ1) is 12.2. The molecule has 1 saturated carbocycles. The van der Waals surface area contributed by atoms with Gasteiger partial charge in [-0.05, 0) is 66.9 Å². The number of nitrogens with zero attached hydrogens (tertiary/aromatic N) is 1. The second-order valence-corrected chi connectivity index (χ2v) is 10.8. The maximum absolute atomic E-state index is 12.9. The van der Waals surface area contributed by atoms with E-state index in [9.17, 15) is 4.79 Å². The topological polar surface area (TPSA) is 20.3 Å². The SMILES string of the molecule is CC(C)C.CC1=C(/C=C(\C)C(C)C)N(C)C(=O)CC2C(C)(C)CCCC12C. The molecule has 1 fully saturated rings. The lowest BCUT2D eigenvalue weighted by Gasteiger charge is -2.50. The molecule has 2 nitrogen and oxygen atoms in total. The maximum atomic E-state index is 12.9. The third-order valence-corrected chi connectivity index (χ3v) is 6.86. The van der Waals surface area contributed by atoms with Crippen LogP contribution in [0, 0.1) is 28.6 Å². The summed E-state index contributed by atoms with van der Waals surface area (Å²) in [5.41, 5.74) is 4.26. The van der Waals surface area contributed by atoms with E-state index in [2.05, 4.69) is 75.3 Å². The van der Waals surface area contributed by atoms with E-state index in [-0.39, 0.29) is 16.7 Å². The van der Waals surface area contributed by atoms with Crippen LogP contribution in [0.2, 0.25) is 0 Å². The highest BCUT2D eigenvalue weighted by molar-refractivity contribution is 5.80. The standard InChI is InChI=1S/C21H35NO.C4H10/c1-14(2)15(3)12-17-16(4)21(7)11-9-10-20(5,6)18(21)13-19(23)22(17)8;1-4(2)3/h12,14,18H,9-11,13H2,1-8H3;4H,1-3H3/b15-12+;. The van der Waals surface area contributed by atoms with Crippen molar-refractivity contribution < 1.29 is 4.79 Å². The van der Waals surface area contributed by atoms with E-state index in [4.69, 9.17) is 0 Å². The van der Waals surface area contributed by atoms with Gasteiger partial charge in [0, 0.05) is 19.2 Å². The fourth-order valence-electron chi connectivity index (χ4n) is 4.65. The lowest BCUT2D eigenvalue weighted by Crippen LogP contribution is -2.43. The lowest BCUT2D eigenvalue weighted by molar-refractivity contribution is -0.131. The van der Waals surface area contributed by atoms with Crippen molar-refractivity contribution in [1.82, 2.24) is 4.90 Å². The Bertz CT molecular complexity index is 591. The van der Waals surface area contributed by atoms with E-state index in [1.807, 2.05) is 11.9 Å². The summed E-state index contributed by atoms with van der Waals surface area (Å²) in [5, 5.41) is 0. The van der Waals surface area contributed by atoms with Crippen molar-refractivity contribution in [2.45, 2.75) is 94.9 Å². The molecule has 0 N–H and O–H groups in total. The number of fused-ring (bicyclic) bond motifs is 1. The van der Waals surface area contributed by atoms with E-state index in [1.165, 1.54) is 30.4 Å². The third kappa shape index (κ3) is 5.48. The van der Waals surface area contributed by atoms with Crippen molar-refractivity contribution in [2.24, 2.45) is 28.6 Å².